The average Bonchev–Trinajstić information content (AvgIpc) is 3.41. The Labute approximate surface area is 470 Å². The second kappa shape index (κ2) is 65.4. The lowest BCUT2D eigenvalue weighted by Crippen LogP contribution is -2.45. The molecule has 0 bridgehead atoms. The highest BCUT2D eigenvalue weighted by Crippen LogP contribution is 2.19. The van der Waals surface area contributed by atoms with E-state index in [0.29, 0.717) is 25.9 Å². The van der Waals surface area contributed by atoms with Crippen molar-refractivity contribution in [1.29, 1.82) is 0 Å². The number of esters is 1. The number of amides is 1. The van der Waals surface area contributed by atoms with E-state index in [-0.39, 0.29) is 18.5 Å². The average molecular weight is 1060 g/mol. The van der Waals surface area contributed by atoms with Gasteiger partial charge in [0.2, 0.25) is 5.91 Å². The van der Waals surface area contributed by atoms with Crippen LogP contribution in [-0.4, -0.2) is 47.4 Å². The summed E-state index contributed by atoms with van der Waals surface area (Å²) in [5, 5.41) is 23.4. The van der Waals surface area contributed by atoms with Gasteiger partial charge >= 0.3 is 5.97 Å². The van der Waals surface area contributed by atoms with E-state index in [4.69, 9.17) is 4.74 Å². The van der Waals surface area contributed by atoms with E-state index in [1.165, 1.54) is 327 Å². The monoisotopic (exact) mass is 1060 g/mol. The van der Waals surface area contributed by atoms with Crippen molar-refractivity contribution < 1.29 is 24.5 Å². The van der Waals surface area contributed by atoms with Gasteiger partial charge in [-0.3, -0.25) is 9.59 Å². The zero-order valence-corrected chi connectivity index (χ0v) is 51.3. The summed E-state index contributed by atoms with van der Waals surface area (Å²) in [5.74, 6) is -0.0299. The Hall–Kier alpha value is -1.14. The number of aliphatic hydroxyl groups is 2. The van der Waals surface area contributed by atoms with E-state index in [9.17, 15) is 19.8 Å². The van der Waals surface area contributed by atoms with Gasteiger partial charge in [-0.2, -0.15) is 0 Å². The van der Waals surface area contributed by atoms with Crippen LogP contribution in [-0.2, 0) is 14.3 Å². The first-order valence-electron chi connectivity index (χ1n) is 34.8. The standard InChI is InChI=1S/C69H137NO5/c1-3-5-7-9-11-13-15-17-19-21-23-24-25-26-27-29-30-33-37-41-45-49-53-57-61-67(72)66(65-71)70-68(73)62-58-54-50-46-42-38-34-32-36-40-44-48-52-56-60-64-75-69(74)63-59-55-51-47-43-39-35-31-28-22-20-18-16-14-12-10-8-6-4-2/h66-67,71-72H,3-65H2,1-2H3,(H,70,73). The third-order valence-corrected chi connectivity index (χ3v) is 16.7. The van der Waals surface area contributed by atoms with Crippen LogP contribution in [0.3, 0.4) is 0 Å². The first-order valence-corrected chi connectivity index (χ1v) is 34.8. The van der Waals surface area contributed by atoms with E-state index in [1.54, 1.807) is 0 Å². The van der Waals surface area contributed by atoms with Crippen molar-refractivity contribution >= 4 is 11.9 Å². The summed E-state index contributed by atoms with van der Waals surface area (Å²) in [6.07, 6.45) is 78.5. The Kier molecular flexibility index (Phi) is 64.4. The van der Waals surface area contributed by atoms with Crippen LogP contribution in [0.25, 0.3) is 0 Å². The maximum absolute atomic E-state index is 12.5. The highest BCUT2D eigenvalue weighted by atomic mass is 16.5. The minimum Gasteiger partial charge on any atom is -0.466 e. The SMILES string of the molecule is CCCCCCCCCCCCCCCCCCCCCCCCCCC(O)C(CO)NC(=O)CCCCCCCCCCCCCCCCCOC(=O)CCCCCCCCCCCCCCCCCCCCC. The number of rotatable bonds is 66. The van der Waals surface area contributed by atoms with Crippen LogP contribution in [0.1, 0.15) is 406 Å². The molecule has 0 spiro atoms. The minimum absolute atomic E-state index is 0.00745. The predicted octanol–water partition coefficient (Wildman–Crippen LogP) is 22.2. The quantitative estimate of drug-likeness (QED) is 0.0417. The lowest BCUT2D eigenvalue weighted by molar-refractivity contribution is -0.143. The van der Waals surface area contributed by atoms with Gasteiger partial charge < -0.3 is 20.3 Å². The fraction of sp³-hybridized carbons (Fsp3) is 0.971. The Morgan fingerprint density at radius 3 is 0.813 bits per heavy atom. The van der Waals surface area contributed by atoms with E-state index in [1.807, 2.05) is 0 Å². The molecule has 3 N–H and O–H groups in total. The molecule has 0 radical (unpaired) electrons. The fourth-order valence-electron chi connectivity index (χ4n) is 11.4. The van der Waals surface area contributed by atoms with Gasteiger partial charge in [-0.1, -0.05) is 367 Å². The number of unbranched alkanes of at least 4 members (excludes halogenated alkanes) is 55. The molecule has 0 aromatic heterocycles. The van der Waals surface area contributed by atoms with Crippen molar-refractivity contribution in [2.24, 2.45) is 0 Å². The van der Waals surface area contributed by atoms with Gasteiger partial charge in [-0.05, 0) is 25.7 Å². The molecule has 448 valence electrons. The highest BCUT2D eigenvalue weighted by Gasteiger charge is 2.20. The zero-order chi connectivity index (χ0) is 54.3. The Balaban J connectivity index is 3.39. The maximum Gasteiger partial charge on any atom is 0.305 e. The van der Waals surface area contributed by atoms with Crippen LogP contribution in [0.15, 0.2) is 0 Å². The number of hydrogen-bond acceptors (Lipinski definition) is 5. The largest absolute Gasteiger partial charge is 0.466 e. The summed E-state index contributed by atoms with van der Waals surface area (Å²) >= 11 is 0. The summed E-state index contributed by atoms with van der Waals surface area (Å²) in [5.41, 5.74) is 0. The smallest absolute Gasteiger partial charge is 0.305 e. The normalized spacial score (nSPS) is 12.4. The summed E-state index contributed by atoms with van der Waals surface area (Å²) in [4.78, 5) is 24.7. The molecular weight excluding hydrogens is 923 g/mol. The number of carbonyl (C=O) groups excluding carboxylic acids is 2. The van der Waals surface area contributed by atoms with Crippen LogP contribution >= 0.6 is 0 Å². The molecule has 0 aliphatic heterocycles. The van der Waals surface area contributed by atoms with Gasteiger partial charge in [0.05, 0.1) is 25.4 Å². The molecule has 2 atom stereocenters. The lowest BCUT2D eigenvalue weighted by Gasteiger charge is -2.22. The third kappa shape index (κ3) is 61.9. The molecule has 1 amide bonds. The first-order chi connectivity index (χ1) is 37.0. The molecule has 6 heteroatoms. The summed E-state index contributed by atoms with van der Waals surface area (Å²) < 4.78 is 5.51. The van der Waals surface area contributed by atoms with Crippen molar-refractivity contribution in [2.45, 2.75) is 418 Å². The number of nitrogens with one attached hydrogen (secondary N) is 1. The molecule has 0 rings (SSSR count). The van der Waals surface area contributed by atoms with Crippen molar-refractivity contribution in [3.8, 4) is 0 Å². The van der Waals surface area contributed by atoms with Gasteiger partial charge in [-0.15, -0.1) is 0 Å². The summed E-state index contributed by atoms with van der Waals surface area (Å²) in [6, 6.07) is -0.548. The van der Waals surface area contributed by atoms with Gasteiger partial charge in [0, 0.05) is 12.8 Å². The van der Waals surface area contributed by atoms with Gasteiger partial charge in [0.1, 0.15) is 0 Å². The van der Waals surface area contributed by atoms with Crippen LogP contribution in [0, 0.1) is 0 Å². The van der Waals surface area contributed by atoms with E-state index in [2.05, 4.69) is 19.2 Å². The molecule has 6 nitrogen and oxygen atoms in total. The van der Waals surface area contributed by atoms with Gasteiger partial charge in [-0.25, -0.2) is 0 Å². The molecule has 0 saturated heterocycles. The topological polar surface area (TPSA) is 95.9 Å². The van der Waals surface area contributed by atoms with Crippen molar-refractivity contribution in [1.82, 2.24) is 5.32 Å². The van der Waals surface area contributed by atoms with Crippen LogP contribution in [0.4, 0.5) is 0 Å². The van der Waals surface area contributed by atoms with Crippen LogP contribution in [0.5, 0.6) is 0 Å². The Bertz CT molecular complexity index is 1080. The summed E-state index contributed by atoms with van der Waals surface area (Å²) in [7, 11) is 0. The number of ether oxygens (including phenoxy) is 1. The zero-order valence-electron chi connectivity index (χ0n) is 51.3. The number of hydrogen-bond donors (Lipinski definition) is 3. The molecule has 75 heavy (non-hydrogen) atoms. The molecule has 0 heterocycles. The van der Waals surface area contributed by atoms with Gasteiger partial charge in [0.15, 0.2) is 0 Å². The molecule has 0 aliphatic rings. The van der Waals surface area contributed by atoms with Crippen molar-refractivity contribution in [3.05, 3.63) is 0 Å². The van der Waals surface area contributed by atoms with Crippen LogP contribution < -0.4 is 5.32 Å². The first kappa shape index (κ1) is 73.9. The molecule has 0 aromatic rings. The molecule has 0 fully saturated rings. The molecule has 2 unspecified atom stereocenters. The maximum atomic E-state index is 12.5. The van der Waals surface area contributed by atoms with Gasteiger partial charge in [0.25, 0.3) is 0 Å². The Morgan fingerprint density at radius 2 is 0.547 bits per heavy atom. The number of aliphatic hydroxyl groups excluding tert-OH is 2. The molecule has 0 aromatic carbocycles. The number of carbonyl (C=O) groups is 2. The van der Waals surface area contributed by atoms with E-state index in [0.717, 1.165) is 44.9 Å². The minimum atomic E-state index is -0.670. The summed E-state index contributed by atoms with van der Waals surface area (Å²) in [6.45, 7) is 4.99. The molecular formula is C69H137NO5. The second-order valence-electron chi connectivity index (χ2n) is 24.2. The molecule has 0 saturated carbocycles. The molecule has 0 aliphatic carbocycles. The third-order valence-electron chi connectivity index (χ3n) is 16.7. The lowest BCUT2D eigenvalue weighted by atomic mass is 10.0. The second-order valence-corrected chi connectivity index (χ2v) is 24.2. The van der Waals surface area contributed by atoms with E-state index >= 15 is 0 Å². The fourth-order valence-corrected chi connectivity index (χ4v) is 11.4. The van der Waals surface area contributed by atoms with E-state index < -0.39 is 12.1 Å². The Morgan fingerprint density at radius 1 is 0.320 bits per heavy atom. The van der Waals surface area contributed by atoms with Crippen molar-refractivity contribution in [2.75, 3.05) is 13.2 Å². The predicted molar refractivity (Wildman–Crippen MR) is 329 cm³/mol. The van der Waals surface area contributed by atoms with Crippen molar-refractivity contribution in [3.63, 3.8) is 0 Å². The highest BCUT2D eigenvalue weighted by molar-refractivity contribution is 5.76. The van der Waals surface area contributed by atoms with Crippen LogP contribution in [0.2, 0.25) is 0 Å².